The van der Waals surface area contributed by atoms with Gasteiger partial charge < -0.3 is 9.80 Å². The Hall–Kier alpha value is -2.69. The number of piperazine rings is 1. The average Bonchev–Trinajstić information content (AvgIpc) is 2.63. The van der Waals surface area contributed by atoms with Crippen molar-refractivity contribution in [3.8, 4) is 0 Å². The second-order valence-electron chi connectivity index (χ2n) is 6.25. The summed E-state index contributed by atoms with van der Waals surface area (Å²) in [5.74, 6) is -0.487. The van der Waals surface area contributed by atoms with Crippen molar-refractivity contribution in [3.05, 3.63) is 71.5 Å². The lowest BCUT2D eigenvalue weighted by Crippen LogP contribution is -2.52. The van der Waals surface area contributed by atoms with Crippen molar-refractivity contribution in [2.24, 2.45) is 0 Å². The van der Waals surface area contributed by atoms with Crippen LogP contribution in [0.1, 0.15) is 24.1 Å². The van der Waals surface area contributed by atoms with E-state index in [4.69, 9.17) is 0 Å². The summed E-state index contributed by atoms with van der Waals surface area (Å²) in [5.41, 5.74) is 1.38. The third-order valence-electron chi connectivity index (χ3n) is 4.63. The maximum atomic E-state index is 13.9. The number of amides is 2. The Bertz CT molecular complexity index is 763. The zero-order valence-electron chi connectivity index (χ0n) is 14.2. The lowest BCUT2D eigenvalue weighted by atomic mass is 10.0. The van der Waals surface area contributed by atoms with Gasteiger partial charge in [-0.1, -0.05) is 48.5 Å². The van der Waals surface area contributed by atoms with Gasteiger partial charge in [0.25, 0.3) is 0 Å². The van der Waals surface area contributed by atoms with Crippen LogP contribution in [0.15, 0.2) is 54.6 Å². The molecule has 1 aliphatic rings. The molecule has 0 saturated carbocycles. The number of carbonyl (C=O) groups excluding carboxylic acids is 2. The van der Waals surface area contributed by atoms with E-state index in [-0.39, 0.29) is 30.1 Å². The second-order valence-corrected chi connectivity index (χ2v) is 6.25. The Labute approximate surface area is 146 Å². The predicted molar refractivity (Wildman–Crippen MR) is 93.3 cm³/mol. The van der Waals surface area contributed by atoms with Gasteiger partial charge in [0.15, 0.2) is 0 Å². The molecule has 1 heterocycles. The Kier molecular flexibility index (Phi) is 5.12. The van der Waals surface area contributed by atoms with E-state index in [0.29, 0.717) is 25.2 Å². The highest BCUT2D eigenvalue weighted by Crippen LogP contribution is 2.26. The summed E-state index contributed by atoms with van der Waals surface area (Å²) in [6, 6.07) is 15.8. The first-order chi connectivity index (χ1) is 12.1. The SMILES string of the molecule is CC(=O)N1CCN(C(=O)Cc2ccccc2F)[C@H](c2ccccc2)C1. The highest BCUT2D eigenvalue weighted by Gasteiger charge is 2.32. The minimum Gasteiger partial charge on any atom is -0.339 e. The van der Waals surface area contributed by atoms with Crippen LogP contribution >= 0.6 is 0 Å². The molecule has 0 N–H and O–H groups in total. The Balaban J connectivity index is 1.83. The van der Waals surface area contributed by atoms with Crippen molar-refractivity contribution in [2.45, 2.75) is 19.4 Å². The fourth-order valence-electron chi connectivity index (χ4n) is 3.23. The van der Waals surface area contributed by atoms with E-state index in [1.165, 1.54) is 6.07 Å². The maximum Gasteiger partial charge on any atom is 0.227 e. The highest BCUT2D eigenvalue weighted by molar-refractivity contribution is 5.80. The summed E-state index contributed by atoms with van der Waals surface area (Å²) in [6.07, 6.45) is 0.0239. The molecular weight excluding hydrogens is 319 g/mol. The average molecular weight is 340 g/mol. The molecule has 0 spiro atoms. The van der Waals surface area contributed by atoms with Gasteiger partial charge >= 0.3 is 0 Å². The molecule has 1 fully saturated rings. The van der Waals surface area contributed by atoms with Crippen LogP contribution in [-0.4, -0.2) is 41.2 Å². The van der Waals surface area contributed by atoms with Crippen molar-refractivity contribution >= 4 is 11.8 Å². The first kappa shape index (κ1) is 17.1. The normalized spacial score (nSPS) is 17.4. The fraction of sp³-hybridized carbons (Fsp3) is 0.300. The lowest BCUT2D eigenvalue weighted by Gasteiger charge is -2.41. The number of hydrogen-bond acceptors (Lipinski definition) is 2. The Morgan fingerprint density at radius 2 is 1.72 bits per heavy atom. The molecule has 0 unspecified atom stereocenters. The van der Waals surface area contributed by atoms with Crippen molar-refractivity contribution in [1.82, 2.24) is 9.80 Å². The van der Waals surface area contributed by atoms with Gasteiger partial charge in [-0.25, -0.2) is 4.39 Å². The molecule has 1 saturated heterocycles. The molecule has 25 heavy (non-hydrogen) atoms. The van der Waals surface area contributed by atoms with Gasteiger partial charge in [-0.05, 0) is 17.2 Å². The van der Waals surface area contributed by atoms with E-state index < -0.39 is 0 Å². The van der Waals surface area contributed by atoms with Gasteiger partial charge in [0, 0.05) is 26.6 Å². The molecule has 5 heteroatoms. The quantitative estimate of drug-likeness (QED) is 0.862. The smallest absolute Gasteiger partial charge is 0.227 e. The van der Waals surface area contributed by atoms with Crippen LogP contribution < -0.4 is 0 Å². The fourth-order valence-corrected chi connectivity index (χ4v) is 3.23. The monoisotopic (exact) mass is 340 g/mol. The summed E-state index contributed by atoms with van der Waals surface area (Å²) >= 11 is 0. The molecular formula is C20H21FN2O2. The zero-order valence-corrected chi connectivity index (χ0v) is 14.2. The van der Waals surface area contributed by atoms with Gasteiger partial charge in [-0.15, -0.1) is 0 Å². The number of hydrogen-bond donors (Lipinski definition) is 0. The largest absolute Gasteiger partial charge is 0.339 e. The predicted octanol–water partition coefficient (Wildman–Crippen LogP) is 2.80. The third-order valence-corrected chi connectivity index (χ3v) is 4.63. The van der Waals surface area contributed by atoms with Gasteiger partial charge in [-0.2, -0.15) is 0 Å². The van der Waals surface area contributed by atoms with E-state index >= 15 is 0 Å². The van der Waals surface area contributed by atoms with Crippen LogP contribution in [-0.2, 0) is 16.0 Å². The molecule has 3 rings (SSSR count). The second kappa shape index (κ2) is 7.47. The minimum absolute atomic E-state index is 0.00198. The molecule has 4 nitrogen and oxygen atoms in total. The summed E-state index contributed by atoms with van der Waals surface area (Å²) in [7, 11) is 0. The lowest BCUT2D eigenvalue weighted by molar-refractivity contribution is -0.141. The zero-order chi connectivity index (χ0) is 17.8. The molecule has 1 atom stereocenters. The molecule has 2 aromatic carbocycles. The van der Waals surface area contributed by atoms with E-state index in [1.807, 2.05) is 30.3 Å². The molecule has 2 amide bonds. The molecule has 0 bridgehead atoms. The van der Waals surface area contributed by atoms with Crippen LogP contribution in [0.4, 0.5) is 4.39 Å². The van der Waals surface area contributed by atoms with Gasteiger partial charge in [0.05, 0.1) is 12.5 Å². The Morgan fingerprint density at radius 3 is 2.40 bits per heavy atom. The standard InChI is InChI=1S/C20H21FN2O2/c1-15(24)22-11-12-23(19(14-22)16-7-3-2-4-8-16)20(25)13-17-9-5-6-10-18(17)21/h2-10,19H,11-14H2,1H3/t19-/m0/s1. The molecule has 0 aromatic heterocycles. The van der Waals surface area contributed by atoms with Crippen LogP contribution in [0, 0.1) is 5.82 Å². The number of carbonyl (C=O) groups is 2. The van der Waals surface area contributed by atoms with Crippen molar-refractivity contribution in [3.63, 3.8) is 0 Å². The molecule has 2 aromatic rings. The van der Waals surface area contributed by atoms with Crippen molar-refractivity contribution in [2.75, 3.05) is 19.6 Å². The van der Waals surface area contributed by atoms with E-state index in [9.17, 15) is 14.0 Å². The molecule has 0 aliphatic carbocycles. The summed E-state index contributed by atoms with van der Waals surface area (Å²) in [6.45, 7) is 2.95. The van der Waals surface area contributed by atoms with E-state index in [2.05, 4.69) is 0 Å². The Morgan fingerprint density at radius 1 is 1.04 bits per heavy atom. The van der Waals surface area contributed by atoms with Crippen molar-refractivity contribution < 1.29 is 14.0 Å². The number of nitrogens with zero attached hydrogens (tertiary/aromatic N) is 2. The summed E-state index contributed by atoms with van der Waals surface area (Å²) in [5, 5.41) is 0. The molecule has 0 radical (unpaired) electrons. The minimum atomic E-state index is -0.366. The topological polar surface area (TPSA) is 40.6 Å². The number of halogens is 1. The van der Waals surface area contributed by atoms with E-state index in [1.54, 1.807) is 34.9 Å². The first-order valence-electron chi connectivity index (χ1n) is 8.39. The van der Waals surface area contributed by atoms with Gasteiger partial charge in [-0.3, -0.25) is 9.59 Å². The van der Waals surface area contributed by atoms with Gasteiger partial charge in [0.1, 0.15) is 5.82 Å². The van der Waals surface area contributed by atoms with Crippen LogP contribution in [0.25, 0.3) is 0 Å². The summed E-state index contributed by atoms with van der Waals surface area (Å²) < 4.78 is 13.9. The van der Waals surface area contributed by atoms with E-state index in [0.717, 1.165) is 5.56 Å². The van der Waals surface area contributed by atoms with Crippen molar-refractivity contribution in [1.29, 1.82) is 0 Å². The highest BCUT2D eigenvalue weighted by atomic mass is 19.1. The van der Waals surface area contributed by atoms with Crippen LogP contribution in [0.2, 0.25) is 0 Å². The van der Waals surface area contributed by atoms with Gasteiger partial charge in [0.2, 0.25) is 11.8 Å². The van der Waals surface area contributed by atoms with Crippen LogP contribution in [0.3, 0.4) is 0 Å². The molecule has 1 aliphatic heterocycles. The van der Waals surface area contributed by atoms with Crippen LogP contribution in [0.5, 0.6) is 0 Å². The number of benzene rings is 2. The summed E-state index contributed by atoms with van der Waals surface area (Å²) in [4.78, 5) is 28.1. The third kappa shape index (κ3) is 3.87. The number of rotatable bonds is 3. The maximum absolute atomic E-state index is 13.9. The first-order valence-corrected chi connectivity index (χ1v) is 8.39. The molecule has 130 valence electrons.